The van der Waals surface area contributed by atoms with Crippen molar-refractivity contribution in [3.05, 3.63) is 48.0 Å². The molecule has 6 nitrogen and oxygen atoms in total. The number of H-pyrrole nitrogens is 1. The van der Waals surface area contributed by atoms with E-state index in [1.807, 2.05) is 24.3 Å². The van der Waals surface area contributed by atoms with Crippen molar-refractivity contribution in [3.63, 3.8) is 0 Å². The molecule has 0 saturated heterocycles. The molecular weight excluding hydrogens is 254 g/mol. The van der Waals surface area contributed by atoms with E-state index < -0.39 is 0 Å². The Bertz CT molecular complexity index is 709. The Labute approximate surface area is 115 Å². The first kappa shape index (κ1) is 12.6. The summed E-state index contributed by atoms with van der Waals surface area (Å²) in [5.41, 5.74) is 3.73. The number of fused-ring (bicyclic) bond motifs is 1. The van der Waals surface area contributed by atoms with Gasteiger partial charge in [-0.05, 0) is 17.5 Å². The van der Waals surface area contributed by atoms with Crippen molar-refractivity contribution in [2.45, 2.75) is 13.0 Å². The number of aromatic nitrogens is 4. The number of aliphatic hydroxyl groups excluding tert-OH is 1. The number of nitrogens with zero attached hydrogens (tertiary/aromatic N) is 3. The van der Waals surface area contributed by atoms with Gasteiger partial charge in [0.05, 0.1) is 6.33 Å². The molecule has 0 aliphatic carbocycles. The van der Waals surface area contributed by atoms with Gasteiger partial charge >= 0.3 is 0 Å². The largest absolute Gasteiger partial charge is 0.396 e. The van der Waals surface area contributed by atoms with Crippen LogP contribution in [0.15, 0.2) is 36.9 Å². The summed E-state index contributed by atoms with van der Waals surface area (Å²) in [6.07, 6.45) is 3.75. The van der Waals surface area contributed by atoms with Crippen molar-refractivity contribution < 1.29 is 5.11 Å². The van der Waals surface area contributed by atoms with Crippen LogP contribution in [-0.2, 0) is 13.0 Å². The lowest BCUT2D eigenvalue weighted by molar-refractivity contribution is 0.299. The van der Waals surface area contributed by atoms with E-state index in [4.69, 9.17) is 5.11 Å². The van der Waals surface area contributed by atoms with E-state index in [2.05, 4.69) is 25.3 Å². The van der Waals surface area contributed by atoms with Gasteiger partial charge in [-0.25, -0.2) is 15.0 Å². The molecule has 0 spiro atoms. The number of hydrogen-bond acceptors (Lipinski definition) is 5. The van der Waals surface area contributed by atoms with Gasteiger partial charge in [-0.2, -0.15) is 0 Å². The molecule has 0 fully saturated rings. The number of benzene rings is 1. The molecular formula is C14H15N5O. The van der Waals surface area contributed by atoms with Gasteiger partial charge < -0.3 is 15.4 Å². The maximum Gasteiger partial charge on any atom is 0.182 e. The van der Waals surface area contributed by atoms with E-state index in [1.54, 1.807) is 6.33 Å². The van der Waals surface area contributed by atoms with Crippen LogP contribution in [0.5, 0.6) is 0 Å². The second-order valence-corrected chi connectivity index (χ2v) is 4.42. The van der Waals surface area contributed by atoms with Crippen LogP contribution >= 0.6 is 0 Å². The maximum atomic E-state index is 9.09. The Morgan fingerprint density at radius 1 is 1.10 bits per heavy atom. The molecule has 3 N–H and O–H groups in total. The summed E-state index contributed by atoms with van der Waals surface area (Å²) in [6, 6.07) is 8.04. The highest BCUT2D eigenvalue weighted by atomic mass is 16.2. The zero-order chi connectivity index (χ0) is 13.8. The quantitative estimate of drug-likeness (QED) is 0.653. The van der Waals surface area contributed by atoms with Gasteiger partial charge in [-0.15, -0.1) is 0 Å². The average Bonchev–Trinajstić information content (AvgIpc) is 2.96. The molecule has 2 aromatic heterocycles. The van der Waals surface area contributed by atoms with Crippen LogP contribution in [-0.4, -0.2) is 31.6 Å². The van der Waals surface area contributed by atoms with E-state index in [1.165, 1.54) is 6.33 Å². The zero-order valence-corrected chi connectivity index (χ0v) is 10.9. The normalized spacial score (nSPS) is 10.8. The van der Waals surface area contributed by atoms with E-state index in [-0.39, 0.29) is 6.61 Å². The summed E-state index contributed by atoms with van der Waals surface area (Å²) in [5, 5.41) is 12.4. The second kappa shape index (κ2) is 5.66. The maximum absolute atomic E-state index is 9.09. The Morgan fingerprint density at radius 2 is 1.95 bits per heavy atom. The third-order valence-corrected chi connectivity index (χ3v) is 3.17. The van der Waals surface area contributed by atoms with E-state index in [9.17, 15) is 0 Å². The molecule has 102 valence electrons. The molecule has 1 aromatic carbocycles. The molecule has 0 unspecified atom stereocenters. The number of nitrogens with one attached hydrogen (secondary N) is 2. The van der Waals surface area contributed by atoms with Crippen LogP contribution in [0, 0.1) is 0 Å². The fraction of sp³-hybridized carbons (Fsp3) is 0.214. The van der Waals surface area contributed by atoms with Crippen molar-refractivity contribution in [2.24, 2.45) is 0 Å². The van der Waals surface area contributed by atoms with Gasteiger partial charge in [-0.3, -0.25) is 0 Å². The van der Waals surface area contributed by atoms with Gasteiger partial charge in [0.2, 0.25) is 0 Å². The smallest absolute Gasteiger partial charge is 0.182 e. The van der Waals surface area contributed by atoms with Crippen molar-refractivity contribution >= 4 is 17.0 Å². The predicted molar refractivity (Wildman–Crippen MR) is 76.2 cm³/mol. The van der Waals surface area contributed by atoms with Gasteiger partial charge in [0, 0.05) is 13.2 Å². The number of imidazole rings is 1. The van der Waals surface area contributed by atoms with Gasteiger partial charge in [0.25, 0.3) is 0 Å². The lowest BCUT2D eigenvalue weighted by Crippen LogP contribution is -2.06. The van der Waals surface area contributed by atoms with Crippen LogP contribution in [0.3, 0.4) is 0 Å². The molecule has 20 heavy (non-hydrogen) atoms. The van der Waals surface area contributed by atoms with Crippen molar-refractivity contribution in [1.29, 1.82) is 0 Å². The Hall–Kier alpha value is -2.47. The molecule has 0 saturated carbocycles. The SMILES string of the molecule is OCCc1ccccc1CNc1ncnc2nc[nH]c12. The topological polar surface area (TPSA) is 86.7 Å². The molecule has 0 atom stereocenters. The van der Waals surface area contributed by atoms with Crippen molar-refractivity contribution in [2.75, 3.05) is 11.9 Å². The highest BCUT2D eigenvalue weighted by Gasteiger charge is 2.06. The van der Waals surface area contributed by atoms with Crippen LogP contribution in [0.1, 0.15) is 11.1 Å². The fourth-order valence-electron chi connectivity index (χ4n) is 2.17. The summed E-state index contributed by atoms with van der Waals surface area (Å²) >= 11 is 0. The number of hydrogen-bond donors (Lipinski definition) is 3. The molecule has 6 heteroatoms. The van der Waals surface area contributed by atoms with E-state index >= 15 is 0 Å². The molecule has 0 bridgehead atoms. The van der Waals surface area contributed by atoms with Crippen LogP contribution < -0.4 is 5.32 Å². The minimum absolute atomic E-state index is 0.148. The zero-order valence-electron chi connectivity index (χ0n) is 10.9. The summed E-state index contributed by atoms with van der Waals surface area (Å²) in [4.78, 5) is 15.4. The predicted octanol–water partition coefficient (Wildman–Crippen LogP) is 1.50. The molecule has 0 radical (unpaired) electrons. The Morgan fingerprint density at radius 3 is 2.80 bits per heavy atom. The molecule has 3 aromatic rings. The van der Waals surface area contributed by atoms with Gasteiger partial charge in [0.1, 0.15) is 11.8 Å². The van der Waals surface area contributed by atoms with E-state index in [0.29, 0.717) is 18.6 Å². The number of aromatic amines is 1. The standard InChI is InChI=1S/C14H15N5O/c20-6-5-10-3-1-2-4-11(10)7-15-13-12-14(17-8-16-12)19-9-18-13/h1-4,8-9,20H,5-7H2,(H2,15,16,17,18,19). The van der Waals surface area contributed by atoms with Crippen LogP contribution in [0.2, 0.25) is 0 Å². The lowest BCUT2D eigenvalue weighted by Gasteiger charge is -2.10. The molecule has 0 aliphatic rings. The van der Waals surface area contributed by atoms with E-state index in [0.717, 1.165) is 22.5 Å². The minimum Gasteiger partial charge on any atom is -0.396 e. The Balaban J connectivity index is 1.81. The number of rotatable bonds is 5. The van der Waals surface area contributed by atoms with Gasteiger partial charge in [0.15, 0.2) is 11.5 Å². The summed E-state index contributed by atoms with van der Waals surface area (Å²) in [5.74, 6) is 0.728. The van der Waals surface area contributed by atoms with Gasteiger partial charge in [-0.1, -0.05) is 24.3 Å². The number of anilines is 1. The third-order valence-electron chi connectivity index (χ3n) is 3.17. The summed E-state index contributed by atoms with van der Waals surface area (Å²) in [7, 11) is 0. The van der Waals surface area contributed by atoms with Crippen molar-refractivity contribution in [1.82, 2.24) is 19.9 Å². The highest BCUT2D eigenvalue weighted by molar-refractivity contribution is 5.81. The van der Waals surface area contributed by atoms with Crippen LogP contribution in [0.4, 0.5) is 5.82 Å². The molecule has 0 aliphatic heterocycles. The molecule has 3 rings (SSSR count). The lowest BCUT2D eigenvalue weighted by atomic mass is 10.1. The fourth-order valence-corrected chi connectivity index (χ4v) is 2.17. The number of aliphatic hydroxyl groups is 1. The molecule has 0 amide bonds. The first-order valence-electron chi connectivity index (χ1n) is 6.44. The third kappa shape index (κ3) is 2.46. The second-order valence-electron chi connectivity index (χ2n) is 4.42. The summed E-state index contributed by atoms with van der Waals surface area (Å²) in [6.45, 7) is 0.788. The molecule has 2 heterocycles. The average molecular weight is 269 g/mol. The first-order chi connectivity index (χ1) is 9.88. The minimum atomic E-state index is 0.148. The van der Waals surface area contributed by atoms with Crippen LogP contribution in [0.25, 0.3) is 11.2 Å². The first-order valence-corrected chi connectivity index (χ1v) is 6.44. The monoisotopic (exact) mass is 269 g/mol. The van der Waals surface area contributed by atoms with Crippen molar-refractivity contribution in [3.8, 4) is 0 Å². The highest BCUT2D eigenvalue weighted by Crippen LogP contribution is 2.17. The summed E-state index contributed by atoms with van der Waals surface area (Å²) < 4.78 is 0. The Kier molecular flexibility index (Phi) is 3.56.